The normalized spacial score (nSPS) is 10.8. The molecule has 0 aliphatic carbocycles. The van der Waals surface area contributed by atoms with Crippen LogP contribution in [0.2, 0.25) is 0 Å². The molecule has 1 heterocycles. The minimum Gasteiger partial charge on any atom is -0.494 e. The number of carbonyl (C=O) groups is 1. The summed E-state index contributed by atoms with van der Waals surface area (Å²) in [5, 5.41) is 0.790. The van der Waals surface area contributed by atoms with Gasteiger partial charge in [-0.15, -0.1) is 11.3 Å². The van der Waals surface area contributed by atoms with E-state index in [0.717, 1.165) is 11.5 Å². The number of methoxy groups -OCH3 is 1. The molecule has 0 radical (unpaired) electrons. The van der Waals surface area contributed by atoms with E-state index >= 15 is 0 Å². The Labute approximate surface area is 123 Å². The van der Waals surface area contributed by atoms with E-state index in [-0.39, 0.29) is 22.9 Å². The van der Waals surface area contributed by atoms with Crippen LogP contribution in [0.4, 0.5) is 8.78 Å². The molecule has 0 N–H and O–H groups in total. The molecule has 0 unspecified atom stereocenters. The highest BCUT2D eigenvalue weighted by Crippen LogP contribution is 2.29. The summed E-state index contributed by atoms with van der Waals surface area (Å²) in [5.74, 6) is -1.14. The fourth-order valence-corrected chi connectivity index (χ4v) is 3.12. The lowest BCUT2D eigenvalue weighted by Gasteiger charge is -2.03. The lowest BCUT2D eigenvalue weighted by Crippen LogP contribution is -2.00. The van der Waals surface area contributed by atoms with Crippen LogP contribution in [0.5, 0.6) is 5.75 Å². The van der Waals surface area contributed by atoms with Crippen LogP contribution in [0.3, 0.4) is 0 Å². The highest BCUT2D eigenvalue weighted by molar-refractivity contribution is 7.21. The first-order valence-electron chi connectivity index (χ1n) is 6.16. The van der Waals surface area contributed by atoms with Crippen molar-refractivity contribution >= 4 is 27.2 Å². The van der Waals surface area contributed by atoms with Gasteiger partial charge in [0.15, 0.2) is 11.6 Å². The molecule has 0 fully saturated rings. The zero-order chi connectivity index (χ0) is 15.0. The average molecular weight is 304 g/mol. The smallest absolute Gasteiger partial charge is 0.203 e. The molecule has 0 aliphatic rings. The summed E-state index contributed by atoms with van der Waals surface area (Å²) >= 11 is 1.19. The zero-order valence-electron chi connectivity index (χ0n) is 11.0. The predicted octanol–water partition coefficient (Wildman–Crippen LogP) is 4.42. The summed E-state index contributed by atoms with van der Waals surface area (Å²) in [4.78, 5) is 12.8. The van der Waals surface area contributed by atoms with Crippen molar-refractivity contribution in [2.24, 2.45) is 0 Å². The van der Waals surface area contributed by atoms with Crippen LogP contribution in [-0.4, -0.2) is 12.9 Å². The Morgan fingerprint density at radius 2 is 1.90 bits per heavy atom. The first kappa shape index (κ1) is 13.7. The van der Waals surface area contributed by atoms with E-state index in [0.29, 0.717) is 9.58 Å². The number of carbonyl (C=O) groups excluding carboxylic acids is 1. The standard InChI is InChI=1S/C16H10F2O2S/c1-20-13-5-3-10(6-12(13)18)16(19)15-7-9-2-4-11(17)8-14(9)21-15/h2-8H,1H3. The Morgan fingerprint density at radius 3 is 2.62 bits per heavy atom. The molecule has 0 spiro atoms. The van der Waals surface area contributed by atoms with Crippen LogP contribution >= 0.6 is 11.3 Å². The van der Waals surface area contributed by atoms with Gasteiger partial charge in [0.2, 0.25) is 5.78 Å². The van der Waals surface area contributed by atoms with Crippen LogP contribution < -0.4 is 4.74 Å². The quantitative estimate of drug-likeness (QED) is 0.670. The van der Waals surface area contributed by atoms with Crippen molar-refractivity contribution in [3.63, 3.8) is 0 Å². The fourth-order valence-electron chi connectivity index (χ4n) is 2.07. The molecular weight excluding hydrogens is 294 g/mol. The molecule has 2 nitrogen and oxygen atoms in total. The number of hydrogen-bond donors (Lipinski definition) is 0. The van der Waals surface area contributed by atoms with Gasteiger partial charge in [-0.05, 0) is 41.8 Å². The van der Waals surface area contributed by atoms with Gasteiger partial charge < -0.3 is 4.74 Å². The molecule has 5 heteroatoms. The molecule has 0 saturated carbocycles. The van der Waals surface area contributed by atoms with E-state index in [4.69, 9.17) is 4.74 Å². The number of fused-ring (bicyclic) bond motifs is 1. The second-order valence-corrected chi connectivity index (χ2v) is 5.56. The van der Waals surface area contributed by atoms with Crippen molar-refractivity contribution in [1.29, 1.82) is 0 Å². The van der Waals surface area contributed by atoms with Gasteiger partial charge >= 0.3 is 0 Å². The van der Waals surface area contributed by atoms with Gasteiger partial charge in [-0.1, -0.05) is 6.07 Å². The lowest BCUT2D eigenvalue weighted by atomic mass is 10.1. The Morgan fingerprint density at radius 1 is 1.10 bits per heavy atom. The Hall–Kier alpha value is -2.27. The topological polar surface area (TPSA) is 26.3 Å². The molecule has 21 heavy (non-hydrogen) atoms. The molecule has 0 saturated heterocycles. The first-order chi connectivity index (χ1) is 10.1. The van der Waals surface area contributed by atoms with Crippen molar-refractivity contribution in [3.8, 4) is 5.75 Å². The minimum atomic E-state index is -0.587. The number of rotatable bonds is 3. The van der Waals surface area contributed by atoms with E-state index in [1.165, 1.54) is 42.7 Å². The first-order valence-corrected chi connectivity index (χ1v) is 6.97. The van der Waals surface area contributed by atoms with Gasteiger partial charge in [-0.25, -0.2) is 8.78 Å². The van der Waals surface area contributed by atoms with Gasteiger partial charge in [0, 0.05) is 10.3 Å². The number of hydrogen-bond acceptors (Lipinski definition) is 3. The molecule has 1 aromatic heterocycles. The van der Waals surface area contributed by atoms with Crippen molar-refractivity contribution in [2.75, 3.05) is 7.11 Å². The van der Waals surface area contributed by atoms with Gasteiger partial charge in [-0.2, -0.15) is 0 Å². The number of thiophene rings is 1. The maximum Gasteiger partial charge on any atom is 0.203 e. The van der Waals surface area contributed by atoms with E-state index < -0.39 is 5.82 Å². The molecule has 3 rings (SSSR count). The molecule has 0 atom stereocenters. The van der Waals surface area contributed by atoms with Crippen molar-refractivity contribution in [3.05, 3.63) is 64.5 Å². The van der Waals surface area contributed by atoms with Crippen LogP contribution in [0.1, 0.15) is 15.2 Å². The van der Waals surface area contributed by atoms with E-state index in [1.807, 2.05) is 0 Å². The summed E-state index contributed by atoms with van der Waals surface area (Å²) in [6, 6.07) is 10.1. The highest BCUT2D eigenvalue weighted by atomic mass is 32.1. The largest absolute Gasteiger partial charge is 0.494 e. The van der Waals surface area contributed by atoms with Crippen molar-refractivity contribution < 1.29 is 18.3 Å². The Bertz CT molecular complexity index is 839. The second kappa shape index (κ2) is 5.26. The van der Waals surface area contributed by atoms with Crippen LogP contribution in [0.25, 0.3) is 10.1 Å². The number of halogens is 2. The van der Waals surface area contributed by atoms with E-state index in [1.54, 1.807) is 12.1 Å². The third kappa shape index (κ3) is 2.52. The van der Waals surface area contributed by atoms with Crippen molar-refractivity contribution in [2.45, 2.75) is 0 Å². The third-order valence-electron chi connectivity index (χ3n) is 3.12. The summed E-state index contributed by atoms with van der Waals surface area (Å²) in [5.41, 5.74) is 0.236. The van der Waals surface area contributed by atoms with Crippen LogP contribution in [-0.2, 0) is 0 Å². The molecule has 2 aromatic carbocycles. The third-order valence-corrected chi connectivity index (χ3v) is 4.22. The number of ketones is 1. The zero-order valence-corrected chi connectivity index (χ0v) is 11.8. The minimum absolute atomic E-state index is 0.0879. The lowest BCUT2D eigenvalue weighted by molar-refractivity contribution is 0.104. The predicted molar refractivity (Wildman–Crippen MR) is 78.2 cm³/mol. The van der Waals surface area contributed by atoms with E-state index in [2.05, 4.69) is 0 Å². The van der Waals surface area contributed by atoms with Crippen LogP contribution in [0.15, 0.2) is 42.5 Å². The SMILES string of the molecule is COc1ccc(C(=O)c2cc3ccc(F)cc3s2)cc1F. The molecule has 106 valence electrons. The Kier molecular flexibility index (Phi) is 3.43. The molecule has 0 bridgehead atoms. The Balaban J connectivity index is 2.01. The second-order valence-electron chi connectivity index (χ2n) is 4.47. The van der Waals surface area contributed by atoms with Crippen molar-refractivity contribution in [1.82, 2.24) is 0 Å². The number of benzene rings is 2. The maximum absolute atomic E-state index is 13.7. The van der Waals surface area contributed by atoms with Gasteiger partial charge in [-0.3, -0.25) is 4.79 Å². The summed E-state index contributed by atoms with van der Waals surface area (Å²) in [7, 11) is 1.36. The summed E-state index contributed by atoms with van der Waals surface area (Å²) in [6.07, 6.45) is 0. The van der Waals surface area contributed by atoms with Gasteiger partial charge in [0.05, 0.1) is 12.0 Å². The average Bonchev–Trinajstić information content (AvgIpc) is 2.89. The molecule has 3 aromatic rings. The van der Waals surface area contributed by atoms with Gasteiger partial charge in [0.1, 0.15) is 5.82 Å². The van der Waals surface area contributed by atoms with Crippen LogP contribution in [0, 0.1) is 11.6 Å². The highest BCUT2D eigenvalue weighted by Gasteiger charge is 2.15. The molecular formula is C16H10F2O2S. The summed E-state index contributed by atoms with van der Waals surface area (Å²) in [6.45, 7) is 0. The monoisotopic (exact) mass is 304 g/mol. The van der Waals surface area contributed by atoms with E-state index in [9.17, 15) is 13.6 Å². The molecule has 0 amide bonds. The number of ether oxygens (including phenoxy) is 1. The maximum atomic E-state index is 13.7. The van der Waals surface area contributed by atoms with Gasteiger partial charge in [0.25, 0.3) is 0 Å². The fraction of sp³-hybridized carbons (Fsp3) is 0.0625. The molecule has 0 aliphatic heterocycles. The summed E-state index contributed by atoms with van der Waals surface area (Å²) < 4.78 is 32.3.